The van der Waals surface area contributed by atoms with E-state index in [2.05, 4.69) is 39.0 Å². The molecule has 0 bridgehead atoms. The van der Waals surface area contributed by atoms with Crippen LogP contribution in [0.2, 0.25) is 0 Å². The fourth-order valence-corrected chi connectivity index (χ4v) is 4.31. The number of rotatable bonds is 5. The first-order chi connectivity index (χ1) is 11.7. The van der Waals surface area contributed by atoms with Crippen molar-refractivity contribution in [2.75, 3.05) is 26.8 Å². The molecular weight excluding hydrogens is 440 g/mol. The topological polar surface area (TPSA) is 67.6 Å². The van der Waals surface area contributed by atoms with E-state index in [1.54, 1.807) is 6.20 Å². The molecule has 8 heteroatoms. The highest BCUT2D eigenvalue weighted by Crippen LogP contribution is 2.39. The number of esters is 1. The van der Waals surface area contributed by atoms with E-state index in [1.807, 2.05) is 16.7 Å². The van der Waals surface area contributed by atoms with E-state index in [9.17, 15) is 4.79 Å². The molecule has 0 aliphatic carbocycles. The summed E-state index contributed by atoms with van der Waals surface area (Å²) in [4.78, 5) is 14.4. The van der Waals surface area contributed by atoms with Crippen LogP contribution in [0.4, 0.5) is 0 Å². The van der Waals surface area contributed by atoms with Crippen molar-refractivity contribution in [2.24, 2.45) is 0 Å². The Bertz CT molecular complexity index is 449. The Balaban J connectivity index is 0.000000268. The third-order valence-electron chi connectivity index (χ3n) is 4.34. The number of nitrogens with zero attached hydrogens (tertiary/aromatic N) is 3. The lowest BCUT2D eigenvalue weighted by Crippen LogP contribution is -2.46. The maximum absolute atomic E-state index is 12.1. The molecule has 2 saturated heterocycles. The van der Waals surface area contributed by atoms with Gasteiger partial charge in [0, 0.05) is 19.5 Å². The number of aromatic nitrogens is 2. The minimum absolute atomic E-state index is 0.0472. The second-order valence-corrected chi connectivity index (χ2v) is 7.82. The summed E-state index contributed by atoms with van der Waals surface area (Å²) < 4.78 is 7.28. The van der Waals surface area contributed by atoms with Crippen LogP contribution >= 0.6 is 28.4 Å². The molecule has 24 heavy (non-hydrogen) atoms. The summed E-state index contributed by atoms with van der Waals surface area (Å²) in [7, 11) is 1.00. The first-order valence-corrected chi connectivity index (χ1v) is 12.5. The largest absolute Gasteiger partial charge is 0.464 e. The first-order valence-electron chi connectivity index (χ1n) is 8.46. The van der Waals surface area contributed by atoms with Gasteiger partial charge in [0.1, 0.15) is 5.54 Å². The molecule has 0 amide bonds. The van der Waals surface area contributed by atoms with E-state index in [4.69, 9.17) is 9.84 Å². The second-order valence-electron chi connectivity index (χ2n) is 5.75. The number of unbranched alkanes of at least 4 members (excludes halogenated alkanes) is 1. The number of ether oxygens (including phenoxy) is 1. The monoisotopic (exact) mass is 469 g/mol. The van der Waals surface area contributed by atoms with Gasteiger partial charge in [-0.05, 0) is 73.3 Å². The zero-order valence-electron chi connectivity index (χ0n) is 14.6. The third kappa shape index (κ3) is 5.93. The van der Waals surface area contributed by atoms with Crippen molar-refractivity contribution in [3.63, 3.8) is 0 Å². The summed E-state index contributed by atoms with van der Waals surface area (Å²) in [5.74, 6) is 0.0472. The fraction of sp³-hybridized carbons (Fsp3) is 0.750. The van der Waals surface area contributed by atoms with Gasteiger partial charge in [0.05, 0.1) is 13.0 Å². The molecule has 2 aliphatic heterocycles. The van der Waals surface area contributed by atoms with Gasteiger partial charge in [-0.25, -0.2) is 4.45 Å². The van der Waals surface area contributed by atoms with Crippen molar-refractivity contribution in [1.29, 1.82) is 0 Å². The molecule has 3 heterocycles. The molecular formula is C16H29IN3O3P. The predicted molar refractivity (Wildman–Crippen MR) is 107 cm³/mol. The van der Waals surface area contributed by atoms with Gasteiger partial charge in [-0.2, -0.15) is 5.10 Å². The summed E-state index contributed by atoms with van der Waals surface area (Å²) in [6.45, 7) is 4.89. The van der Waals surface area contributed by atoms with Crippen LogP contribution in [-0.4, -0.2) is 57.9 Å². The van der Waals surface area contributed by atoms with Crippen LogP contribution in [0.15, 0.2) is 18.5 Å². The van der Waals surface area contributed by atoms with E-state index < -0.39 is 0 Å². The van der Waals surface area contributed by atoms with E-state index in [0.717, 1.165) is 65.1 Å². The molecule has 0 aromatic carbocycles. The predicted octanol–water partition coefficient (Wildman–Crippen LogP) is 3.24. The Labute approximate surface area is 159 Å². The van der Waals surface area contributed by atoms with Crippen molar-refractivity contribution in [3.8, 4) is 0 Å². The summed E-state index contributed by atoms with van der Waals surface area (Å²) in [6, 6.07) is 1.92. The minimum atomic E-state index is -0.215. The van der Waals surface area contributed by atoms with Crippen molar-refractivity contribution in [1.82, 2.24) is 14.5 Å². The van der Waals surface area contributed by atoms with Gasteiger partial charge in [-0.15, -0.1) is 0 Å². The quantitative estimate of drug-likeness (QED) is 0.311. The number of carbonyl (C=O) groups excluding carboxylic acids is 1. The lowest BCUT2D eigenvalue weighted by Gasteiger charge is -2.29. The number of aliphatic hydroxyl groups is 1. The SMILES string of the molecule is CCCCOC(=O)C12CCCN1CCC2.CO.IPn1cccn1. The standard InChI is InChI=1S/C12H21NO2.C3H4IN2P.CH4O/c1-2-3-10-15-11(14)12-6-4-8-13(12)9-5-7-12;4-7-6-3-1-2-5-6;1-2/h2-10H2,1H3;1-3,7H;2H,1H3. The van der Waals surface area contributed by atoms with Crippen LogP contribution in [0, 0.1) is 0 Å². The molecule has 6 nitrogen and oxygen atoms in total. The smallest absolute Gasteiger partial charge is 0.326 e. The van der Waals surface area contributed by atoms with Gasteiger partial charge in [0.15, 0.2) is 0 Å². The van der Waals surface area contributed by atoms with E-state index in [-0.39, 0.29) is 11.5 Å². The average molecular weight is 469 g/mol. The molecule has 2 fully saturated rings. The van der Waals surface area contributed by atoms with Gasteiger partial charge in [0.25, 0.3) is 0 Å². The minimum Gasteiger partial charge on any atom is -0.464 e. The molecule has 1 N–H and O–H groups in total. The molecule has 3 rings (SSSR count). The highest BCUT2D eigenvalue weighted by atomic mass is 127. The molecule has 0 radical (unpaired) electrons. The maximum Gasteiger partial charge on any atom is 0.326 e. The van der Waals surface area contributed by atoms with Crippen molar-refractivity contribution in [2.45, 2.75) is 51.0 Å². The van der Waals surface area contributed by atoms with Crippen LogP contribution in [-0.2, 0) is 9.53 Å². The van der Waals surface area contributed by atoms with E-state index in [1.165, 1.54) is 0 Å². The Hall–Kier alpha value is -0.240. The summed E-state index contributed by atoms with van der Waals surface area (Å²) in [5.41, 5.74) is -0.215. The van der Waals surface area contributed by atoms with Crippen LogP contribution in [0.25, 0.3) is 0 Å². The number of aliphatic hydroxyl groups excluding tert-OH is 1. The number of halogens is 1. The number of fused-ring (bicyclic) bond motifs is 1. The highest BCUT2D eigenvalue weighted by molar-refractivity contribution is 14.2. The zero-order valence-corrected chi connectivity index (χ0v) is 17.7. The number of carbonyl (C=O) groups is 1. The zero-order chi connectivity index (χ0) is 17.8. The Morgan fingerprint density at radius 3 is 2.50 bits per heavy atom. The number of hydrogen-bond donors (Lipinski definition) is 1. The van der Waals surface area contributed by atoms with Crippen molar-refractivity contribution in [3.05, 3.63) is 18.5 Å². The van der Waals surface area contributed by atoms with Crippen LogP contribution in [0.5, 0.6) is 0 Å². The molecule has 1 aromatic heterocycles. The first kappa shape index (κ1) is 21.8. The third-order valence-corrected chi connectivity index (χ3v) is 6.26. The highest BCUT2D eigenvalue weighted by Gasteiger charge is 2.51. The van der Waals surface area contributed by atoms with Crippen LogP contribution < -0.4 is 0 Å². The van der Waals surface area contributed by atoms with E-state index in [0.29, 0.717) is 6.61 Å². The van der Waals surface area contributed by atoms with Gasteiger partial charge in [-0.1, -0.05) is 13.3 Å². The molecule has 0 spiro atoms. The summed E-state index contributed by atoms with van der Waals surface area (Å²) in [6.07, 6.45) is 10.9. The molecule has 0 saturated carbocycles. The fourth-order valence-electron chi connectivity index (χ4n) is 3.20. The molecule has 138 valence electrons. The Morgan fingerprint density at radius 2 is 2.04 bits per heavy atom. The van der Waals surface area contributed by atoms with Crippen LogP contribution in [0.3, 0.4) is 0 Å². The van der Waals surface area contributed by atoms with Crippen molar-refractivity contribution < 1.29 is 14.6 Å². The normalized spacial score (nSPS) is 18.5. The van der Waals surface area contributed by atoms with Crippen molar-refractivity contribution >= 4 is 34.4 Å². The molecule has 1 aromatic rings. The molecule has 1 unspecified atom stereocenters. The lowest BCUT2D eigenvalue weighted by atomic mass is 9.94. The average Bonchev–Trinajstić information content (AvgIpc) is 3.34. The molecule has 1 atom stereocenters. The second kappa shape index (κ2) is 12.2. The van der Waals surface area contributed by atoms with Gasteiger partial charge >= 0.3 is 5.97 Å². The number of hydrogen-bond acceptors (Lipinski definition) is 5. The van der Waals surface area contributed by atoms with Crippen LogP contribution in [0.1, 0.15) is 45.4 Å². The summed E-state index contributed by atoms with van der Waals surface area (Å²) >= 11 is 2.28. The van der Waals surface area contributed by atoms with Gasteiger partial charge in [0.2, 0.25) is 0 Å². The Morgan fingerprint density at radius 1 is 1.38 bits per heavy atom. The maximum atomic E-state index is 12.1. The van der Waals surface area contributed by atoms with Gasteiger partial charge in [-0.3, -0.25) is 9.69 Å². The Kier molecular flexibility index (Phi) is 11.1. The summed E-state index contributed by atoms with van der Waals surface area (Å²) in [5, 5.41) is 11.0. The van der Waals surface area contributed by atoms with Gasteiger partial charge < -0.3 is 9.84 Å². The molecule has 2 aliphatic rings. The lowest BCUT2D eigenvalue weighted by molar-refractivity contribution is -0.155. The van der Waals surface area contributed by atoms with E-state index >= 15 is 0 Å².